The van der Waals surface area contributed by atoms with Gasteiger partial charge in [0.2, 0.25) is 0 Å². The van der Waals surface area contributed by atoms with Crippen molar-refractivity contribution in [3.05, 3.63) is 39.8 Å². The molecule has 5 nitrogen and oxygen atoms in total. The predicted octanol–water partition coefficient (Wildman–Crippen LogP) is 2.40. The van der Waals surface area contributed by atoms with Crippen LogP contribution in [0.1, 0.15) is 28.0 Å². The summed E-state index contributed by atoms with van der Waals surface area (Å²) in [6.07, 6.45) is 0.719. The van der Waals surface area contributed by atoms with E-state index in [2.05, 4.69) is 10.3 Å². The van der Waals surface area contributed by atoms with Gasteiger partial charge in [0.25, 0.3) is 5.91 Å². The summed E-state index contributed by atoms with van der Waals surface area (Å²) in [7, 11) is 0. The maximum absolute atomic E-state index is 12.2. The van der Waals surface area contributed by atoms with Gasteiger partial charge in [-0.2, -0.15) is 0 Å². The van der Waals surface area contributed by atoms with Crippen molar-refractivity contribution >= 4 is 22.9 Å². The third-order valence-corrected chi connectivity index (χ3v) is 3.90. The van der Waals surface area contributed by atoms with Crippen LogP contribution in [0.15, 0.2) is 23.6 Å². The summed E-state index contributed by atoms with van der Waals surface area (Å²) in [6.45, 7) is 4.82. The maximum atomic E-state index is 12.2. The van der Waals surface area contributed by atoms with E-state index >= 15 is 0 Å². The number of carbonyl (C=O) groups excluding carboxylic acids is 1. The molecule has 0 spiro atoms. The molecular weight excluding hydrogens is 286 g/mol. The van der Waals surface area contributed by atoms with Crippen LogP contribution in [-0.2, 0) is 6.42 Å². The number of hydrogen-bond acceptors (Lipinski definition) is 5. The molecule has 1 amide bonds. The summed E-state index contributed by atoms with van der Waals surface area (Å²) in [4.78, 5) is 16.6. The number of nitrogens with zero attached hydrogens (tertiary/aromatic N) is 1. The number of benzene rings is 1. The van der Waals surface area contributed by atoms with Crippen LogP contribution in [0.3, 0.4) is 0 Å². The van der Waals surface area contributed by atoms with Gasteiger partial charge < -0.3 is 15.8 Å². The molecule has 0 aliphatic heterocycles. The minimum Gasteiger partial charge on any atom is -0.491 e. The Hall–Kier alpha value is -2.08. The number of thiazole rings is 1. The van der Waals surface area contributed by atoms with Gasteiger partial charge in [-0.3, -0.25) is 4.79 Å². The van der Waals surface area contributed by atoms with Crippen molar-refractivity contribution in [2.45, 2.75) is 20.3 Å². The molecule has 2 aromatic rings. The molecule has 0 saturated heterocycles. The summed E-state index contributed by atoms with van der Waals surface area (Å²) in [5.74, 6) is 0.265. The summed E-state index contributed by atoms with van der Waals surface area (Å²) < 4.78 is 5.46. The number of aromatic nitrogens is 1. The van der Waals surface area contributed by atoms with E-state index in [0.29, 0.717) is 30.2 Å². The van der Waals surface area contributed by atoms with Crippen LogP contribution in [-0.4, -0.2) is 24.0 Å². The first-order valence-electron chi connectivity index (χ1n) is 6.82. The lowest BCUT2D eigenvalue weighted by Crippen LogP contribution is -2.26. The molecule has 1 aromatic heterocycles. The Kier molecular flexibility index (Phi) is 5.16. The molecule has 0 fully saturated rings. The Morgan fingerprint density at radius 1 is 1.48 bits per heavy atom. The highest BCUT2D eigenvalue weighted by molar-refractivity contribution is 7.09. The summed E-state index contributed by atoms with van der Waals surface area (Å²) >= 11 is 1.60. The summed E-state index contributed by atoms with van der Waals surface area (Å²) in [5.41, 5.74) is 7.80. The first kappa shape index (κ1) is 15.3. The Morgan fingerprint density at radius 2 is 2.29 bits per heavy atom. The molecule has 0 saturated carbocycles. The summed E-state index contributed by atoms with van der Waals surface area (Å²) in [6, 6.07) is 5.18. The number of para-hydroxylation sites is 1. The number of carbonyl (C=O) groups is 1. The SMILES string of the molecule is CCOc1c(N)cccc1C(=O)NCCc1nc(C)cs1. The number of aryl methyl sites for hydroxylation is 1. The van der Waals surface area contributed by atoms with Gasteiger partial charge in [-0.25, -0.2) is 4.98 Å². The number of hydrogen-bond donors (Lipinski definition) is 2. The van der Waals surface area contributed by atoms with Crippen molar-refractivity contribution in [2.75, 3.05) is 18.9 Å². The minimum atomic E-state index is -0.181. The zero-order valence-corrected chi connectivity index (χ0v) is 13.0. The third kappa shape index (κ3) is 3.95. The highest BCUT2D eigenvalue weighted by Crippen LogP contribution is 2.26. The van der Waals surface area contributed by atoms with Crippen LogP contribution in [0, 0.1) is 6.92 Å². The number of nitrogen functional groups attached to an aromatic ring is 1. The van der Waals surface area contributed by atoms with E-state index in [1.807, 2.05) is 19.2 Å². The minimum absolute atomic E-state index is 0.181. The number of rotatable bonds is 6. The zero-order valence-electron chi connectivity index (χ0n) is 12.2. The van der Waals surface area contributed by atoms with Gasteiger partial charge >= 0.3 is 0 Å². The van der Waals surface area contributed by atoms with Crippen LogP contribution in [0.25, 0.3) is 0 Å². The van der Waals surface area contributed by atoms with E-state index in [9.17, 15) is 4.79 Å². The average molecular weight is 305 g/mol. The number of ether oxygens (including phenoxy) is 1. The standard InChI is InChI=1S/C15H19N3O2S/c1-3-20-14-11(5-4-6-12(14)16)15(19)17-8-7-13-18-10(2)9-21-13/h4-6,9H,3,7-8,16H2,1-2H3,(H,17,19). The zero-order chi connectivity index (χ0) is 15.2. The number of nitrogens with one attached hydrogen (secondary N) is 1. The number of anilines is 1. The van der Waals surface area contributed by atoms with Gasteiger partial charge in [0.05, 0.1) is 22.9 Å². The van der Waals surface area contributed by atoms with E-state index in [4.69, 9.17) is 10.5 Å². The monoisotopic (exact) mass is 305 g/mol. The van der Waals surface area contributed by atoms with Crippen molar-refractivity contribution < 1.29 is 9.53 Å². The van der Waals surface area contributed by atoms with E-state index in [1.54, 1.807) is 29.5 Å². The predicted molar refractivity (Wildman–Crippen MR) is 84.9 cm³/mol. The largest absolute Gasteiger partial charge is 0.491 e. The van der Waals surface area contributed by atoms with Crippen LogP contribution in [0.2, 0.25) is 0 Å². The van der Waals surface area contributed by atoms with Crippen molar-refractivity contribution in [1.82, 2.24) is 10.3 Å². The molecule has 0 aliphatic carbocycles. The molecule has 0 atom stereocenters. The average Bonchev–Trinajstić information content (AvgIpc) is 2.87. The van der Waals surface area contributed by atoms with Gasteiger partial charge in [0.15, 0.2) is 5.75 Å². The van der Waals surface area contributed by atoms with Crippen LogP contribution >= 0.6 is 11.3 Å². The molecule has 6 heteroatoms. The Labute approximate surface area is 128 Å². The lowest BCUT2D eigenvalue weighted by molar-refractivity contribution is 0.0950. The van der Waals surface area contributed by atoms with Crippen molar-refractivity contribution in [3.8, 4) is 5.75 Å². The fourth-order valence-corrected chi connectivity index (χ4v) is 2.71. The molecule has 0 bridgehead atoms. The van der Waals surface area contributed by atoms with E-state index in [1.165, 1.54) is 0 Å². The normalized spacial score (nSPS) is 10.4. The number of nitrogens with two attached hydrogens (primary N) is 1. The first-order chi connectivity index (χ1) is 10.1. The van der Waals surface area contributed by atoms with Crippen LogP contribution < -0.4 is 15.8 Å². The molecule has 0 radical (unpaired) electrons. The molecule has 1 aromatic carbocycles. The van der Waals surface area contributed by atoms with E-state index in [-0.39, 0.29) is 5.91 Å². The van der Waals surface area contributed by atoms with Gasteiger partial charge in [-0.1, -0.05) is 6.07 Å². The van der Waals surface area contributed by atoms with Crippen LogP contribution in [0.4, 0.5) is 5.69 Å². The van der Waals surface area contributed by atoms with Gasteiger partial charge in [0.1, 0.15) is 0 Å². The molecular formula is C15H19N3O2S. The van der Waals surface area contributed by atoms with Crippen molar-refractivity contribution in [2.24, 2.45) is 0 Å². The Balaban J connectivity index is 1.98. The lowest BCUT2D eigenvalue weighted by atomic mass is 10.1. The summed E-state index contributed by atoms with van der Waals surface area (Å²) in [5, 5.41) is 5.90. The quantitative estimate of drug-likeness (QED) is 0.803. The molecule has 112 valence electrons. The maximum Gasteiger partial charge on any atom is 0.255 e. The smallest absolute Gasteiger partial charge is 0.255 e. The Bertz CT molecular complexity index is 625. The highest BCUT2D eigenvalue weighted by Gasteiger charge is 2.14. The number of amides is 1. The molecule has 3 N–H and O–H groups in total. The van der Waals surface area contributed by atoms with Crippen molar-refractivity contribution in [1.29, 1.82) is 0 Å². The molecule has 1 heterocycles. The topological polar surface area (TPSA) is 77.2 Å². The Morgan fingerprint density at radius 3 is 2.95 bits per heavy atom. The van der Waals surface area contributed by atoms with Gasteiger partial charge in [-0.05, 0) is 26.0 Å². The first-order valence-corrected chi connectivity index (χ1v) is 7.70. The highest BCUT2D eigenvalue weighted by atomic mass is 32.1. The molecule has 0 aliphatic rings. The third-order valence-electron chi connectivity index (χ3n) is 2.87. The lowest BCUT2D eigenvalue weighted by Gasteiger charge is -2.12. The van der Waals surface area contributed by atoms with Crippen molar-refractivity contribution in [3.63, 3.8) is 0 Å². The van der Waals surface area contributed by atoms with E-state index < -0.39 is 0 Å². The fourth-order valence-electron chi connectivity index (χ4n) is 1.93. The molecule has 21 heavy (non-hydrogen) atoms. The second kappa shape index (κ2) is 7.08. The van der Waals surface area contributed by atoms with Gasteiger partial charge in [-0.15, -0.1) is 11.3 Å². The molecule has 0 unspecified atom stereocenters. The van der Waals surface area contributed by atoms with Gasteiger partial charge in [0, 0.05) is 24.0 Å². The van der Waals surface area contributed by atoms with E-state index in [0.717, 1.165) is 17.1 Å². The molecule has 2 rings (SSSR count). The second-order valence-electron chi connectivity index (χ2n) is 4.55. The second-order valence-corrected chi connectivity index (χ2v) is 5.49. The fraction of sp³-hybridized carbons (Fsp3) is 0.333. The van der Waals surface area contributed by atoms with Crippen LogP contribution in [0.5, 0.6) is 5.75 Å².